The standard InChI is InChI=1S/C16H19BN5O/c17-22-7-5-11(6-8-22)16(10-22)9-18-15(23-16)21-14-19-12-3-1-2-4-13(12)20-14/h1-4,11H,5-10H2,(H2,18,19,20,21). The van der Waals surface area contributed by atoms with Gasteiger partial charge in [0.05, 0.1) is 24.1 Å². The SMILES string of the molecule is [B-][N+]12CCC(CC1)C1(CN=C(Nc3nc4ccccc4[nH]3)O1)C2. The largest absolute Gasteiger partial charge is 0.585 e. The molecule has 6 rings (SSSR count). The van der Waals surface area contributed by atoms with Gasteiger partial charge in [-0.1, -0.05) is 12.1 Å². The maximum Gasteiger partial charge on any atom is 0.292 e. The molecular weight excluding hydrogens is 289 g/mol. The summed E-state index contributed by atoms with van der Waals surface area (Å²) in [6, 6.07) is 8.50. The number of H-pyrrole nitrogens is 1. The summed E-state index contributed by atoms with van der Waals surface area (Å²) < 4.78 is 6.90. The van der Waals surface area contributed by atoms with Crippen LogP contribution in [-0.4, -0.2) is 60.1 Å². The summed E-state index contributed by atoms with van der Waals surface area (Å²) in [6.45, 7) is 3.66. The summed E-state index contributed by atoms with van der Waals surface area (Å²) in [7, 11) is 6.47. The highest BCUT2D eigenvalue weighted by atomic mass is 16.5. The Morgan fingerprint density at radius 1 is 1.30 bits per heavy atom. The third-order valence-electron chi connectivity index (χ3n) is 5.58. The molecule has 4 aliphatic heterocycles. The lowest BCUT2D eigenvalue weighted by molar-refractivity contribution is -0.845. The molecule has 1 atom stereocenters. The van der Waals surface area contributed by atoms with Gasteiger partial charge in [0.2, 0.25) is 5.95 Å². The summed E-state index contributed by atoms with van der Waals surface area (Å²) in [4.78, 5) is 12.3. The number of aromatic amines is 1. The molecule has 23 heavy (non-hydrogen) atoms. The fourth-order valence-corrected chi connectivity index (χ4v) is 4.36. The van der Waals surface area contributed by atoms with Crippen LogP contribution in [0.25, 0.3) is 11.0 Å². The number of hydrogen-bond donors (Lipinski definition) is 2. The number of quaternary nitrogens is 1. The molecule has 6 nitrogen and oxygen atoms in total. The summed E-state index contributed by atoms with van der Waals surface area (Å²) in [5, 5.41) is 3.19. The van der Waals surface area contributed by atoms with Crippen molar-refractivity contribution in [3.05, 3.63) is 24.3 Å². The third-order valence-corrected chi connectivity index (χ3v) is 5.58. The summed E-state index contributed by atoms with van der Waals surface area (Å²) >= 11 is 0. The van der Waals surface area contributed by atoms with Gasteiger partial charge in [-0.05, 0) is 25.0 Å². The maximum absolute atomic E-state index is 6.47. The molecule has 0 amide bonds. The Labute approximate surface area is 136 Å². The molecule has 2 aromatic rings. The van der Waals surface area contributed by atoms with Crippen LogP contribution in [0.1, 0.15) is 12.8 Å². The number of hydrogen-bond acceptors (Lipinski definition) is 4. The van der Waals surface area contributed by atoms with Crippen LogP contribution in [0.2, 0.25) is 0 Å². The molecule has 1 spiro atoms. The number of aromatic nitrogens is 2. The highest BCUT2D eigenvalue weighted by Gasteiger charge is 2.54. The van der Waals surface area contributed by atoms with E-state index in [-0.39, 0.29) is 5.60 Å². The Balaban J connectivity index is 1.36. The lowest BCUT2D eigenvalue weighted by atomic mass is 9.72. The molecule has 2 bridgehead atoms. The van der Waals surface area contributed by atoms with Crippen molar-refractivity contribution >= 4 is 31.0 Å². The normalized spacial score (nSPS) is 35.5. The molecule has 1 aromatic heterocycles. The van der Waals surface area contributed by atoms with Gasteiger partial charge in [0.15, 0.2) is 5.60 Å². The molecule has 0 saturated carbocycles. The predicted molar refractivity (Wildman–Crippen MR) is 89.2 cm³/mol. The van der Waals surface area contributed by atoms with Gasteiger partial charge < -0.3 is 14.1 Å². The second-order valence-electron chi connectivity index (χ2n) is 7.11. The zero-order valence-corrected chi connectivity index (χ0v) is 13.0. The second-order valence-corrected chi connectivity index (χ2v) is 7.11. The number of amidine groups is 1. The average molecular weight is 308 g/mol. The number of nitrogens with zero attached hydrogens (tertiary/aromatic N) is 3. The van der Waals surface area contributed by atoms with Crippen molar-refractivity contribution in [2.75, 3.05) is 31.5 Å². The topological polar surface area (TPSA) is 62.3 Å². The quantitative estimate of drug-likeness (QED) is 0.783. The van der Waals surface area contributed by atoms with E-state index in [0.29, 0.717) is 28.8 Å². The van der Waals surface area contributed by atoms with E-state index in [1.807, 2.05) is 24.3 Å². The van der Waals surface area contributed by atoms with Crippen LogP contribution in [-0.2, 0) is 4.74 Å². The second kappa shape index (κ2) is 4.51. The Bertz CT molecular complexity index is 762. The van der Waals surface area contributed by atoms with E-state index in [4.69, 9.17) is 12.7 Å². The van der Waals surface area contributed by atoms with E-state index in [9.17, 15) is 0 Å². The van der Waals surface area contributed by atoms with E-state index in [2.05, 4.69) is 20.3 Å². The van der Waals surface area contributed by atoms with Crippen molar-refractivity contribution in [2.45, 2.75) is 18.4 Å². The Kier molecular flexibility index (Phi) is 2.63. The molecule has 3 fully saturated rings. The number of piperidine rings is 3. The van der Waals surface area contributed by atoms with E-state index < -0.39 is 0 Å². The van der Waals surface area contributed by atoms with Gasteiger partial charge in [0.25, 0.3) is 6.02 Å². The highest BCUT2D eigenvalue weighted by molar-refractivity contribution is 5.97. The number of benzene rings is 1. The van der Waals surface area contributed by atoms with Crippen molar-refractivity contribution in [3.8, 4) is 0 Å². The highest BCUT2D eigenvalue weighted by Crippen LogP contribution is 2.43. The van der Waals surface area contributed by atoms with E-state index in [0.717, 1.165) is 43.5 Å². The predicted octanol–water partition coefficient (Wildman–Crippen LogP) is 1.42. The van der Waals surface area contributed by atoms with Crippen LogP contribution in [0.5, 0.6) is 0 Å². The summed E-state index contributed by atoms with van der Waals surface area (Å²) in [5.74, 6) is 1.23. The van der Waals surface area contributed by atoms with Crippen molar-refractivity contribution in [1.82, 2.24) is 9.97 Å². The minimum absolute atomic E-state index is 0.223. The zero-order chi connectivity index (χ0) is 15.5. The van der Waals surface area contributed by atoms with Gasteiger partial charge in [-0.3, -0.25) is 5.32 Å². The molecule has 117 valence electrons. The van der Waals surface area contributed by atoms with Crippen LogP contribution >= 0.6 is 0 Å². The number of fused-ring (bicyclic) bond motifs is 3. The number of rotatable bonds is 1. The number of imidazole rings is 1. The number of para-hydroxylation sites is 2. The Morgan fingerprint density at radius 3 is 2.91 bits per heavy atom. The lowest BCUT2D eigenvalue weighted by Crippen LogP contribution is -2.69. The molecule has 0 aliphatic carbocycles. The number of nitrogens with one attached hydrogen (secondary N) is 2. The number of aliphatic imine (C=N–C) groups is 1. The number of anilines is 1. The summed E-state index contributed by atoms with van der Waals surface area (Å²) in [5.41, 5.74) is 1.70. The van der Waals surface area contributed by atoms with Crippen molar-refractivity contribution in [2.24, 2.45) is 10.9 Å². The van der Waals surface area contributed by atoms with Gasteiger partial charge in [-0.2, -0.15) is 0 Å². The molecule has 7 heteroatoms. The van der Waals surface area contributed by atoms with E-state index in [1.54, 1.807) is 0 Å². The van der Waals surface area contributed by atoms with Crippen LogP contribution in [0.15, 0.2) is 29.3 Å². The maximum atomic E-state index is 6.47. The smallest absolute Gasteiger partial charge is 0.292 e. The molecule has 3 saturated heterocycles. The van der Waals surface area contributed by atoms with Crippen molar-refractivity contribution < 1.29 is 9.13 Å². The van der Waals surface area contributed by atoms with Crippen LogP contribution in [0.4, 0.5) is 5.95 Å². The molecule has 1 aromatic carbocycles. The van der Waals surface area contributed by atoms with E-state index in [1.165, 1.54) is 0 Å². The Hall–Kier alpha value is -2.02. The first-order valence-electron chi connectivity index (χ1n) is 8.24. The first kappa shape index (κ1) is 13.4. The first-order valence-corrected chi connectivity index (χ1v) is 8.24. The van der Waals surface area contributed by atoms with Crippen LogP contribution < -0.4 is 5.32 Å². The van der Waals surface area contributed by atoms with Gasteiger partial charge >= 0.3 is 0 Å². The fraction of sp³-hybridized carbons (Fsp3) is 0.500. The van der Waals surface area contributed by atoms with E-state index >= 15 is 0 Å². The molecule has 1 unspecified atom stereocenters. The first-order chi connectivity index (χ1) is 11.1. The lowest BCUT2D eigenvalue weighted by Gasteiger charge is -2.64. The average Bonchev–Trinajstić information content (AvgIpc) is 3.11. The van der Waals surface area contributed by atoms with Crippen molar-refractivity contribution in [1.29, 1.82) is 0 Å². The minimum Gasteiger partial charge on any atom is -0.585 e. The molecule has 3 radical (unpaired) electrons. The third kappa shape index (κ3) is 2.06. The molecular formula is C16H19BN5O. The monoisotopic (exact) mass is 308 g/mol. The molecule has 5 heterocycles. The van der Waals surface area contributed by atoms with Gasteiger partial charge in [0, 0.05) is 19.0 Å². The molecule has 4 aliphatic rings. The zero-order valence-electron chi connectivity index (χ0n) is 13.0. The number of ether oxygens (including phenoxy) is 1. The van der Waals surface area contributed by atoms with Gasteiger partial charge in [-0.25, -0.2) is 18.0 Å². The minimum atomic E-state index is -0.223. The molecule has 2 N–H and O–H groups in total. The van der Waals surface area contributed by atoms with Crippen LogP contribution in [0.3, 0.4) is 0 Å². The van der Waals surface area contributed by atoms with Crippen molar-refractivity contribution in [3.63, 3.8) is 0 Å². The van der Waals surface area contributed by atoms with Gasteiger partial charge in [0.1, 0.15) is 0 Å². The van der Waals surface area contributed by atoms with Gasteiger partial charge in [-0.15, -0.1) is 0 Å². The fourth-order valence-electron chi connectivity index (χ4n) is 4.36. The summed E-state index contributed by atoms with van der Waals surface area (Å²) in [6.07, 6.45) is 2.26. The van der Waals surface area contributed by atoms with Crippen LogP contribution in [0, 0.1) is 5.92 Å². The Morgan fingerprint density at radius 2 is 2.13 bits per heavy atom.